The maximum Gasteiger partial charge on any atom is 0.261 e. The van der Waals surface area contributed by atoms with Gasteiger partial charge < -0.3 is 15.3 Å². The first-order valence-electron chi connectivity index (χ1n) is 5.33. The number of oxime groups is 1. The van der Waals surface area contributed by atoms with Crippen LogP contribution in [0.4, 0.5) is 13.9 Å². The summed E-state index contributed by atoms with van der Waals surface area (Å²) in [6, 6.07) is 0. The molecule has 1 aromatic rings. The molecule has 1 aromatic heterocycles. The average Bonchev–Trinajstić information content (AvgIpc) is 2.82. The number of carbonyl (C=O) groups is 1. The van der Waals surface area contributed by atoms with Crippen LogP contribution in [0.25, 0.3) is 0 Å². The molecule has 1 amide bonds. The Bertz CT molecular complexity index is 451. The Hall–Kier alpha value is -1.61. The van der Waals surface area contributed by atoms with E-state index in [9.17, 15) is 13.6 Å². The first kappa shape index (κ1) is 15.4. The molecule has 0 aliphatic carbocycles. The third-order valence-electron chi connectivity index (χ3n) is 1.99. The Morgan fingerprint density at radius 1 is 1.68 bits per heavy atom. The highest BCUT2D eigenvalue weighted by atomic mass is 32.1. The number of halogens is 2. The molecule has 0 radical (unpaired) electrons. The molecule has 0 bridgehead atoms. The average molecular weight is 293 g/mol. The Morgan fingerprint density at radius 2 is 2.42 bits per heavy atom. The molecule has 0 fully saturated rings. The van der Waals surface area contributed by atoms with Gasteiger partial charge in [-0.3, -0.25) is 4.79 Å². The molecule has 0 aliphatic heterocycles. The lowest BCUT2D eigenvalue weighted by atomic mass is 10.3. The molecule has 0 unspecified atom stereocenters. The number of nitrogens with zero attached hydrogens (tertiary/aromatic N) is 2. The zero-order chi connectivity index (χ0) is 14.3. The number of rotatable bonds is 7. The van der Waals surface area contributed by atoms with Gasteiger partial charge in [0.1, 0.15) is 18.0 Å². The van der Waals surface area contributed by atoms with Crippen molar-refractivity contribution < 1.29 is 23.5 Å². The zero-order valence-corrected chi connectivity index (χ0v) is 10.9. The third kappa shape index (κ3) is 5.71. The normalized spacial score (nSPS) is 11.9. The molecule has 0 saturated heterocycles. The predicted molar refractivity (Wildman–Crippen MR) is 66.2 cm³/mol. The van der Waals surface area contributed by atoms with E-state index in [-0.39, 0.29) is 18.9 Å². The molecule has 0 spiro atoms. The van der Waals surface area contributed by atoms with Crippen molar-refractivity contribution in [2.45, 2.75) is 19.8 Å². The number of thiazole rings is 1. The van der Waals surface area contributed by atoms with Gasteiger partial charge >= 0.3 is 0 Å². The highest BCUT2D eigenvalue weighted by molar-refractivity contribution is 7.14. The quantitative estimate of drug-likeness (QED) is 0.348. The SMILES string of the molecule is CC(=NO)c1csc(NC(=O)CCOCC(F)F)n1. The molecule has 19 heavy (non-hydrogen) atoms. The summed E-state index contributed by atoms with van der Waals surface area (Å²) in [5.74, 6) is -0.381. The van der Waals surface area contributed by atoms with Crippen LogP contribution in [0.2, 0.25) is 0 Å². The smallest absolute Gasteiger partial charge is 0.261 e. The number of aromatic nitrogens is 1. The second-order valence-corrected chi connectivity index (χ2v) is 4.35. The van der Waals surface area contributed by atoms with Crippen LogP contribution in [0, 0.1) is 0 Å². The summed E-state index contributed by atoms with van der Waals surface area (Å²) in [7, 11) is 0. The molecular weight excluding hydrogens is 280 g/mol. The van der Waals surface area contributed by atoms with E-state index in [1.165, 1.54) is 11.3 Å². The molecule has 106 valence electrons. The lowest BCUT2D eigenvalue weighted by Crippen LogP contribution is -2.15. The van der Waals surface area contributed by atoms with Crippen LogP contribution in [0.3, 0.4) is 0 Å². The molecule has 2 N–H and O–H groups in total. The number of carbonyl (C=O) groups excluding carboxylic acids is 1. The van der Waals surface area contributed by atoms with Crippen LogP contribution < -0.4 is 5.32 Å². The third-order valence-corrected chi connectivity index (χ3v) is 2.75. The standard InChI is InChI=1S/C10H13F2N3O3S/c1-6(15-17)7-5-19-10(13-7)14-9(16)2-3-18-4-8(11)12/h5,8,17H,2-4H2,1H3,(H,13,14,16). The summed E-state index contributed by atoms with van der Waals surface area (Å²) in [5, 5.41) is 16.0. The summed E-state index contributed by atoms with van der Waals surface area (Å²) < 4.78 is 28.1. The van der Waals surface area contributed by atoms with Gasteiger partial charge in [0, 0.05) is 5.38 Å². The van der Waals surface area contributed by atoms with E-state index in [2.05, 4.69) is 20.2 Å². The van der Waals surface area contributed by atoms with Crippen molar-refractivity contribution in [1.82, 2.24) is 4.98 Å². The topological polar surface area (TPSA) is 83.8 Å². The van der Waals surface area contributed by atoms with Crippen LogP contribution in [0.1, 0.15) is 19.0 Å². The van der Waals surface area contributed by atoms with Crippen molar-refractivity contribution in [3.05, 3.63) is 11.1 Å². The molecule has 1 heterocycles. The van der Waals surface area contributed by atoms with E-state index in [4.69, 9.17) is 5.21 Å². The van der Waals surface area contributed by atoms with Crippen LogP contribution >= 0.6 is 11.3 Å². The van der Waals surface area contributed by atoms with Crippen LogP contribution in [-0.2, 0) is 9.53 Å². The number of hydrogen-bond acceptors (Lipinski definition) is 6. The van der Waals surface area contributed by atoms with E-state index in [1.807, 2.05) is 0 Å². The number of alkyl halides is 2. The second-order valence-electron chi connectivity index (χ2n) is 3.49. The van der Waals surface area contributed by atoms with Crippen LogP contribution in [0.15, 0.2) is 10.5 Å². The number of amides is 1. The Morgan fingerprint density at radius 3 is 3.05 bits per heavy atom. The van der Waals surface area contributed by atoms with E-state index in [0.717, 1.165) is 0 Å². The Balaban J connectivity index is 2.34. The lowest BCUT2D eigenvalue weighted by molar-refractivity contribution is -0.117. The van der Waals surface area contributed by atoms with Crippen molar-refractivity contribution >= 4 is 28.1 Å². The van der Waals surface area contributed by atoms with Gasteiger partial charge in [-0.05, 0) is 6.92 Å². The first-order valence-corrected chi connectivity index (χ1v) is 6.21. The van der Waals surface area contributed by atoms with Crippen LogP contribution in [0.5, 0.6) is 0 Å². The highest BCUT2D eigenvalue weighted by Gasteiger charge is 2.09. The summed E-state index contributed by atoms with van der Waals surface area (Å²) in [4.78, 5) is 15.4. The zero-order valence-electron chi connectivity index (χ0n) is 10.1. The molecule has 0 atom stereocenters. The number of hydrogen-bond donors (Lipinski definition) is 2. The van der Waals surface area contributed by atoms with E-state index < -0.39 is 13.0 Å². The molecule has 1 rings (SSSR count). The maximum atomic E-state index is 11.8. The number of nitrogens with one attached hydrogen (secondary N) is 1. The Kier molecular flexibility index (Phi) is 6.30. The molecule has 6 nitrogen and oxygen atoms in total. The minimum atomic E-state index is -2.54. The van der Waals surface area contributed by atoms with Gasteiger partial charge in [-0.2, -0.15) is 0 Å². The van der Waals surface area contributed by atoms with Crippen LogP contribution in [-0.4, -0.2) is 41.4 Å². The predicted octanol–water partition coefficient (Wildman–Crippen LogP) is 1.95. The molecule has 0 aromatic carbocycles. The van der Waals surface area contributed by atoms with E-state index >= 15 is 0 Å². The number of ether oxygens (including phenoxy) is 1. The van der Waals surface area contributed by atoms with E-state index in [1.54, 1.807) is 12.3 Å². The lowest BCUT2D eigenvalue weighted by Gasteiger charge is -2.03. The summed E-state index contributed by atoms with van der Waals surface area (Å²) >= 11 is 1.17. The Labute approximate surface area is 112 Å². The van der Waals surface area contributed by atoms with Crippen molar-refractivity contribution in [3.63, 3.8) is 0 Å². The first-order chi connectivity index (χ1) is 9.02. The van der Waals surface area contributed by atoms with Gasteiger partial charge in [-0.25, -0.2) is 13.8 Å². The minimum absolute atomic E-state index is 0.0330. The fourth-order valence-corrected chi connectivity index (χ4v) is 1.84. The number of anilines is 1. The maximum absolute atomic E-state index is 11.8. The molecular formula is C10H13F2N3O3S. The van der Waals surface area contributed by atoms with Gasteiger partial charge in [0.15, 0.2) is 5.13 Å². The second kappa shape index (κ2) is 7.74. The summed E-state index contributed by atoms with van der Waals surface area (Å²) in [6.45, 7) is 0.811. The fraction of sp³-hybridized carbons (Fsp3) is 0.500. The monoisotopic (exact) mass is 293 g/mol. The van der Waals surface area contributed by atoms with E-state index in [0.29, 0.717) is 16.5 Å². The fourth-order valence-electron chi connectivity index (χ4n) is 1.07. The molecule has 9 heteroatoms. The van der Waals surface area contributed by atoms with Crippen molar-refractivity contribution in [2.75, 3.05) is 18.5 Å². The van der Waals surface area contributed by atoms with Gasteiger partial charge in [0.05, 0.1) is 13.0 Å². The summed E-state index contributed by atoms with van der Waals surface area (Å²) in [5.41, 5.74) is 0.786. The van der Waals surface area contributed by atoms with Gasteiger partial charge in [-0.1, -0.05) is 5.16 Å². The molecule has 0 saturated carbocycles. The minimum Gasteiger partial charge on any atom is -0.411 e. The largest absolute Gasteiger partial charge is 0.411 e. The van der Waals surface area contributed by atoms with Crippen molar-refractivity contribution in [2.24, 2.45) is 5.16 Å². The van der Waals surface area contributed by atoms with Gasteiger partial charge in [0.25, 0.3) is 6.43 Å². The van der Waals surface area contributed by atoms with Crippen molar-refractivity contribution in [3.8, 4) is 0 Å². The molecule has 0 aliphatic rings. The highest BCUT2D eigenvalue weighted by Crippen LogP contribution is 2.16. The van der Waals surface area contributed by atoms with Gasteiger partial charge in [-0.15, -0.1) is 11.3 Å². The van der Waals surface area contributed by atoms with Crippen molar-refractivity contribution in [1.29, 1.82) is 0 Å². The van der Waals surface area contributed by atoms with Gasteiger partial charge in [0.2, 0.25) is 5.91 Å². The summed E-state index contributed by atoms with van der Waals surface area (Å²) in [6.07, 6.45) is -2.57.